The quantitative estimate of drug-likeness (QED) is 0.307. The summed E-state index contributed by atoms with van der Waals surface area (Å²) in [6.07, 6.45) is 4.81. The number of para-hydroxylation sites is 1. The van der Waals surface area contributed by atoms with E-state index in [1.165, 1.54) is 12.3 Å². The second-order valence-electron chi connectivity index (χ2n) is 11.7. The number of carboxylic acid groups (broad SMARTS) is 1. The van der Waals surface area contributed by atoms with Crippen molar-refractivity contribution >= 4 is 28.6 Å². The highest BCUT2D eigenvalue weighted by Gasteiger charge is 2.44. The van der Waals surface area contributed by atoms with Crippen molar-refractivity contribution in [1.82, 2.24) is 14.9 Å². The Labute approximate surface area is 253 Å². The van der Waals surface area contributed by atoms with Crippen molar-refractivity contribution in [2.45, 2.75) is 43.6 Å². The molecule has 10 nitrogen and oxygen atoms in total. The molecule has 1 spiro atoms. The molecule has 0 unspecified atom stereocenters. The molecule has 4 heterocycles. The number of amides is 1. The summed E-state index contributed by atoms with van der Waals surface area (Å²) >= 11 is 0. The number of ether oxygens (including phenoxy) is 2. The Kier molecular flexibility index (Phi) is 7.01. The third-order valence-electron chi connectivity index (χ3n) is 8.78. The zero-order valence-corrected chi connectivity index (χ0v) is 24.0. The number of benzene rings is 2. The number of hydrogen-bond acceptors (Lipinski definition) is 8. The van der Waals surface area contributed by atoms with E-state index < -0.39 is 11.6 Å². The Morgan fingerprint density at radius 3 is 2.57 bits per heavy atom. The van der Waals surface area contributed by atoms with Gasteiger partial charge in [0.05, 0.1) is 24.1 Å². The maximum atomic E-state index is 13.7. The van der Waals surface area contributed by atoms with Gasteiger partial charge in [0.25, 0.3) is 5.91 Å². The molecule has 1 saturated heterocycles. The second-order valence-corrected chi connectivity index (χ2v) is 11.7. The van der Waals surface area contributed by atoms with Gasteiger partial charge < -0.3 is 24.6 Å². The molecule has 2 aromatic carbocycles. The van der Waals surface area contributed by atoms with Crippen LogP contribution in [0.3, 0.4) is 0 Å². The first-order valence-corrected chi connectivity index (χ1v) is 14.9. The first-order valence-electron chi connectivity index (χ1n) is 14.9. The molecule has 7 rings (SSSR count). The zero-order valence-electron chi connectivity index (χ0n) is 24.0. The number of hydrogen-bond donors (Lipinski definition) is 2. The van der Waals surface area contributed by atoms with Crippen LogP contribution in [0, 0.1) is 0 Å². The number of ketones is 1. The van der Waals surface area contributed by atoms with Crippen molar-refractivity contribution in [1.29, 1.82) is 0 Å². The number of nitrogens with zero attached hydrogens (tertiary/aromatic N) is 3. The molecule has 2 fully saturated rings. The van der Waals surface area contributed by atoms with Crippen molar-refractivity contribution in [3.63, 3.8) is 0 Å². The Hall–Kier alpha value is -4.83. The number of aliphatic hydroxyl groups excluding tert-OH is 1. The maximum absolute atomic E-state index is 13.7. The molecule has 2 N–H and O–H groups in total. The predicted octanol–water partition coefficient (Wildman–Crippen LogP) is 4.88. The van der Waals surface area contributed by atoms with Gasteiger partial charge in [-0.3, -0.25) is 9.59 Å². The van der Waals surface area contributed by atoms with Crippen LogP contribution in [0.15, 0.2) is 60.8 Å². The minimum absolute atomic E-state index is 0.0464. The third-order valence-corrected chi connectivity index (χ3v) is 8.78. The number of aliphatic hydroxyl groups is 1. The molecule has 3 aliphatic rings. The number of pyridine rings is 2. The van der Waals surface area contributed by atoms with E-state index in [1.807, 2.05) is 18.2 Å². The Balaban J connectivity index is 1.10. The molecule has 1 aliphatic carbocycles. The summed E-state index contributed by atoms with van der Waals surface area (Å²) in [5.74, 6) is 0.0921. The minimum Gasteiger partial charge on any atom is -0.490 e. The summed E-state index contributed by atoms with van der Waals surface area (Å²) in [6.45, 7) is 0.797. The number of Topliss-reactive ketones (excluding diaryl/α,β-unsaturated/α-hetero) is 1. The van der Waals surface area contributed by atoms with E-state index in [1.54, 1.807) is 29.2 Å². The average Bonchev–Trinajstić information content (AvgIpc) is 3.89. The number of aromatic carboxylic acids is 1. The van der Waals surface area contributed by atoms with Gasteiger partial charge in [0.1, 0.15) is 35.1 Å². The van der Waals surface area contributed by atoms with Gasteiger partial charge in [-0.2, -0.15) is 0 Å². The highest BCUT2D eigenvalue weighted by atomic mass is 16.5. The van der Waals surface area contributed by atoms with E-state index in [9.17, 15) is 24.6 Å². The van der Waals surface area contributed by atoms with Gasteiger partial charge in [0, 0.05) is 43.6 Å². The van der Waals surface area contributed by atoms with E-state index in [0.717, 1.165) is 29.3 Å². The first kappa shape index (κ1) is 28.0. The van der Waals surface area contributed by atoms with Crippen LogP contribution in [0.1, 0.15) is 74.9 Å². The average molecular weight is 594 g/mol. The molecule has 0 bridgehead atoms. The summed E-state index contributed by atoms with van der Waals surface area (Å²) in [5, 5.41) is 19.5. The smallest absolute Gasteiger partial charge is 0.354 e. The van der Waals surface area contributed by atoms with Gasteiger partial charge in [0.2, 0.25) is 0 Å². The van der Waals surface area contributed by atoms with Gasteiger partial charge in [0.15, 0.2) is 5.78 Å². The highest BCUT2D eigenvalue weighted by Crippen LogP contribution is 2.44. The van der Waals surface area contributed by atoms with Gasteiger partial charge in [-0.05, 0) is 65.8 Å². The van der Waals surface area contributed by atoms with Crippen molar-refractivity contribution < 1.29 is 34.1 Å². The van der Waals surface area contributed by atoms with Crippen LogP contribution in [-0.2, 0) is 0 Å². The Morgan fingerprint density at radius 1 is 1.02 bits per heavy atom. The molecule has 44 heavy (non-hydrogen) atoms. The molecule has 4 aromatic rings. The number of carbonyl (C=O) groups is 3. The lowest BCUT2D eigenvalue weighted by atomic mass is 9.82. The maximum Gasteiger partial charge on any atom is 0.354 e. The highest BCUT2D eigenvalue weighted by molar-refractivity contribution is 6.02. The molecule has 1 amide bonds. The van der Waals surface area contributed by atoms with Crippen LogP contribution in [0.2, 0.25) is 0 Å². The molecule has 2 aliphatic heterocycles. The van der Waals surface area contributed by atoms with Crippen LogP contribution in [0.25, 0.3) is 22.0 Å². The van der Waals surface area contributed by atoms with Crippen molar-refractivity contribution in [3.05, 3.63) is 83.3 Å². The standard InChI is InChI=1S/C34H31N3O7/c38-14-15-43-30-18-26(36-31-23(20-4-5-20)2-1-3-24(30)31)32(40)37-12-9-34(10-13-37)19-28(39)25-16-21(6-7-29(25)44-34)22-8-11-35-27(17-22)33(41)42/h1-3,6-8,11,16-18,20,38H,4-5,9-10,12-15,19H2,(H,41,42). The molecule has 10 heteroatoms. The lowest BCUT2D eigenvalue weighted by Gasteiger charge is -2.44. The summed E-state index contributed by atoms with van der Waals surface area (Å²) in [5.41, 5.74) is 3.22. The van der Waals surface area contributed by atoms with Crippen molar-refractivity contribution in [2.75, 3.05) is 26.3 Å². The molecule has 224 valence electrons. The van der Waals surface area contributed by atoms with E-state index in [2.05, 4.69) is 11.1 Å². The normalized spacial score (nSPS) is 17.3. The van der Waals surface area contributed by atoms with Crippen molar-refractivity contribution in [3.8, 4) is 22.6 Å². The fourth-order valence-corrected chi connectivity index (χ4v) is 6.31. The minimum atomic E-state index is -1.12. The number of carboxylic acids is 1. The van der Waals surface area contributed by atoms with Crippen LogP contribution in [-0.4, -0.2) is 74.6 Å². The molecular weight excluding hydrogens is 562 g/mol. The third kappa shape index (κ3) is 5.15. The Bertz CT molecular complexity index is 1810. The summed E-state index contributed by atoms with van der Waals surface area (Å²) in [4.78, 5) is 48.9. The van der Waals surface area contributed by atoms with Gasteiger partial charge >= 0.3 is 5.97 Å². The van der Waals surface area contributed by atoms with Crippen molar-refractivity contribution in [2.24, 2.45) is 0 Å². The van der Waals surface area contributed by atoms with Crippen LogP contribution >= 0.6 is 0 Å². The van der Waals surface area contributed by atoms with Crippen LogP contribution < -0.4 is 9.47 Å². The summed E-state index contributed by atoms with van der Waals surface area (Å²) in [7, 11) is 0. The van der Waals surface area contributed by atoms with E-state index >= 15 is 0 Å². The van der Waals surface area contributed by atoms with Crippen LogP contribution in [0.5, 0.6) is 11.5 Å². The predicted molar refractivity (Wildman–Crippen MR) is 160 cm³/mol. The topological polar surface area (TPSA) is 139 Å². The van der Waals surface area contributed by atoms with Gasteiger partial charge in [-0.15, -0.1) is 0 Å². The fraction of sp³-hybridized carbons (Fsp3) is 0.324. The van der Waals surface area contributed by atoms with Gasteiger partial charge in [-0.1, -0.05) is 18.2 Å². The lowest BCUT2D eigenvalue weighted by Crippen LogP contribution is -2.52. The van der Waals surface area contributed by atoms with E-state index in [-0.39, 0.29) is 37.0 Å². The van der Waals surface area contributed by atoms with Gasteiger partial charge in [-0.25, -0.2) is 14.8 Å². The summed E-state index contributed by atoms with van der Waals surface area (Å²) < 4.78 is 12.3. The lowest BCUT2D eigenvalue weighted by molar-refractivity contribution is -0.00585. The second kappa shape index (κ2) is 11.0. The number of likely N-dealkylation sites (tertiary alicyclic amines) is 1. The monoisotopic (exact) mass is 593 g/mol. The van der Waals surface area contributed by atoms with Crippen LogP contribution in [0.4, 0.5) is 0 Å². The molecule has 0 radical (unpaired) electrons. The number of rotatable bonds is 7. The number of piperidine rings is 1. The number of carbonyl (C=O) groups excluding carboxylic acids is 2. The Morgan fingerprint density at radius 2 is 1.82 bits per heavy atom. The SMILES string of the molecule is O=C(O)c1cc(-c2ccc3c(c2)C(=O)CC2(CCN(C(=O)c4cc(OCCO)c5cccc(C6CC6)c5n4)CC2)O3)ccn1. The zero-order chi connectivity index (χ0) is 30.4. The first-order chi connectivity index (χ1) is 21.3. The number of fused-ring (bicyclic) bond motifs is 2. The molecular formula is C34H31N3O7. The number of aromatic nitrogens is 2. The van der Waals surface area contributed by atoms with E-state index in [0.29, 0.717) is 65.7 Å². The molecule has 2 aromatic heterocycles. The largest absolute Gasteiger partial charge is 0.490 e. The summed E-state index contributed by atoms with van der Waals surface area (Å²) in [6, 6.07) is 16.1. The van der Waals surface area contributed by atoms with E-state index in [4.69, 9.17) is 14.5 Å². The fourth-order valence-electron chi connectivity index (χ4n) is 6.31. The molecule has 0 atom stereocenters. The molecule has 1 saturated carbocycles.